The maximum atomic E-state index is 6.08. The first-order valence-electron chi connectivity index (χ1n) is 4.91. The van der Waals surface area contributed by atoms with Crippen molar-refractivity contribution in [1.82, 2.24) is 15.2 Å². The third kappa shape index (κ3) is 3.13. The predicted molar refractivity (Wildman–Crippen MR) is 71.6 cm³/mol. The van der Waals surface area contributed by atoms with Gasteiger partial charge in [-0.1, -0.05) is 35.0 Å². The van der Waals surface area contributed by atoms with E-state index >= 15 is 0 Å². The fourth-order valence-corrected chi connectivity index (χ4v) is 2.33. The second-order valence-corrected chi connectivity index (χ2v) is 5.13. The summed E-state index contributed by atoms with van der Waals surface area (Å²) in [7, 11) is 0. The van der Waals surface area contributed by atoms with Crippen LogP contribution in [-0.4, -0.2) is 27.5 Å². The van der Waals surface area contributed by atoms with Gasteiger partial charge in [-0.15, -0.1) is 5.10 Å². The summed E-state index contributed by atoms with van der Waals surface area (Å²) < 4.78 is 0. The van der Waals surface area contributed by atoms with Crippen molar-refractivity contribution < 1.29 is 0 Å². The molecule has 0 unspecified atom stereocenters. The highest BCUT2D eigenvalue weighted by molar-refractivity contribution is 7.99. The van der Waals surface area contributed by atoms with Crippen molar-refractivity contribution in [2.24, 2.45) is 5.73 Å². The van der Waals surface area contributed by atoms with Crippen molar-refractivity contribution in [2.75, 3.05) is 12.3 Å². The largest absolute Gasteiger partial charge is 0.330 e. The molecule has 3 N–H and O–H groups in total. The molecule has 0 aliphatic rings. The molecule has 4 nitrogen and oxygen atoms in total. The summed E-state index contributed by atoms with van der Waals surface area (Å²) >= 11 is 13.4. The Hall–Kier alpha value is -0.750. The Labute approximate surface area is 113 Å². The maximum Gasteiger partial charge on any atom is 0.208 e. The molecule has 2 aromatic rings. The summed E-state index contributed by atoms with van der Waals surface area (Å²) in [6.07, 6.45) is 0. The van der Waals surface area contributed by atoms with Gasteiger partial charge in [0.1, 0.15) is 0 Å². The van der Waals surface area contributed by atoms with E-state index in [0.717, 1.165) is 11.3 Å². The van der Waals surface area contributed by atoms with Crippen LogP contribution in [0, 0.1) is 0 Å². The highest BCUT2D eigenvalue weighted by atomic mass is 35.5. The number of thioether (sulfide) groups is 1. The normalized spacial score (nSPS) is 10.8. The molecule has 0 amide bonds. The van der Waals surface area contributed by atoms with E-state index in [1.807, 2.05) is 6.07 Å². The Kier molecular flexibility index (Phi) is 4.28. The van der Waals surface area contributed by atoms with E-state index in [1.54, 1.807) is 12.1 Å². The fourth-order valence-electron chi connectivity index (χ4n) is 1.26. The summed E-state index contributed by atoms with van der Waals surface area (Å²) in [6, 6.07) is 5.24. The van der Waals surface area contributed by atoms with Gasteiger partial charge < -0.3 is 5.73 Å². The fraction of sp³-hybridized carbons (Fsp3) is 0.200. The molecule has 0 radical (unpaired) electrons. The van der Waals surface area contributed by atoms with Crippen LogP contribution >= 0.6 is 35.0 Å². The van der Waals surface area contributed by atoms with Gasteiger partial charge in [-0.3, -0.25) is 5.10 Å². The number of aromatic nitrogens is 3. The van der Waals surface area contributed by atoms with Crippen LogP contribution < -0.4 is 5.73 Å². The van der Waals surface area contributed by atoms with Gasteiger partial charge in [-0.05, 0) is 18.2 Å². The van der Waals surface area contributed by atoms with Crippen LogP contribution in [0.3, 0.4) is 0 Å². The minimum absolute atomic E-state index is 0.545. The molecule has 0 saturated carbocycles. The van der Waals surface area contributed by atoms with E-state index in [0.29, 0.717) is 27.6 Å². The first kappa shape index (κ1) is 12.7. The van der Waals surface area contributed by atoms with Crippen molar-refractivity contribution in [3.63, 3.8) is 0 Å². The number of nitrogens with two attached hydrogens (primary N) is 1. The maximum absolute atomic E-state index is 6.08. The van der Waals surface area contributed by atoms with Crippen LogP contribution in [0.1, 0.15) is 0 Å². The molecule has 0 aliphatic carbocycles. The third-order valence-corrected chi connectivity index (χ3v) is 3.43. The zero-order valence-corrected chi connectivity index (χ0v) is 11.1. The quantitative estimate of drug-likeness (QED) is 0.849. The molecule has 0 saturated heterocycles. The Balaban J connectivity index is 2.24. The van der Waals surface area contributed by atoms with Crippen LogP contribution in [-0.2, 0) is 0 Å². The van der Waals surface area contributed by atoms with Crippen LogP contribution in [0.4, 0.5) is 0 Å². The van der Waals surface area contributed by atoms with E-state index < -0.39 is 0 Å². The first-order valence-corrected chi connectivity index (χ1v) is 6.65. The second-order valence-electron chi connectivity index (χ2n) is 3.23. The van der Waals surface area contributed by atoms with Crippen molar-refractivity contribution >= 4 is 35.0 Å². The van der Waals surface area contributed by atoms with Gasteiger partial charge in [0.25, 0.3) is 0 Å². The number of nitrogens with one attached hydrogen (secondary N) is 1. The van der Waals surface area contributed by atoms with Crippen molar-refractivity contribution in [2.45, 2.75) is 5.16 Å². The minimum Gasteiger partial charge on any atom is -0.330 e. The van der Waals surface area contributed by atoms with Gasteiger partial charge in [0.15, 0.2) is 5.82 Å². The molecule has 0 atom stereocenters. The van der Waals surface area contributed by atoms with Gasteiger partial charge in [0, 0.05) is 22.9 Å². The van der Waals surface area contributed by atoms with Crippen LogP contribution in [0.15, 0.2) is 23.4 Å². The predicted octanol–water partition coefficient (Wildman–Crippen LogP) is 2.83. The lowest BCUT2D eigenvalue weighted by molar-refractivity contribution is 0.971. The number of H-pyrrole nitrogens is 1. The molecule has 7 heteroatoms. The topological polar surface area (TPSA) is 67.6 Å². The summed E-state index contributed by atoms with van der Waals surface area (Å²) in [5.41, 5.74) is 6.19. The Morgan fingerprint density at radius 1 is 1.35 bits per heavy atom. The molecule has 1 heterocycles. The monoisotopic (exact) mass is 288 g/mol. The average Bonchev–Trinajstić information content (AvgIpc) is 2.75. The summed E-state index contributed by atoms with van der Waals surface area (Å²) in [5.74, 6) is 1.41. The summed E-state index contributed by atoms with van der Waals surface area (Å²) in [6.45, 7) is 0.593. The number of aromatic amines is 1. The number of hydrogen-bond acceptors (Lipinski definition) is 4. The molecule has 2 rings (SSSR count). The lowest BCUT2D eigenvalue weighted by Crippen LogP contribution is -2.01. The van der Waals surface area contributed by atoms with Crippen LogP contribution in [0.2, 0.25) is 10.0 Å². The SMILES string of the molecule is NCCSc1n[nH]c(-c2ccc(Cl)cc2Cl)n1. The van der Waals surface area contributed by atoms with Crippen molar-refractivity contribution in [1.29, 1.82) is 0 Å². The molecule has 17 heavy (non-hydrogen) atoms. The Morgan fingerprint density at radius 3 is 2.88 bits per heavy atom. The van der Waals surface area contributed by atoms with E-state index in [9.17, 15) is 0 Å². The zero-order chi connectivity index (χ0) is 12.3. The lowest BCUT2D eigenvalue weighted by atomic mass is 10.2. The minimum atomic E-state index is 0.545. The molecule has 1 aromatic heterocycles. The molecule has 0 spiro atoms. The standard InChI is InChI=1S/C10H10Cl2N4S/c11-6-1-2-7(8(12)5-6)9-14-10(16-15-9)17-4-3-13/h1-2,5H,3-4,13H2,(H,14,15,16). The zero-order valence-electron chi connectivity index (χ0n) is 8.78. The lowest BCUT2D eigenvalue weighted by Gasteiger charge is -1.99. The number of rotatable bonds is 4. The van der Waals surface area contributed by atoms with Crippen molar-refractivity contribution in [3.8, 4) is 11.4 Å². The first-order chi connectivity index (χ1) is 8.20. The molecule has 0 fully saturated rings. The highest BCUT2D eigenvalue weighted by Crippen LogP contribution is 2.28. The molecule has 1 aromatic carbocycles. The second kappa shape index (κ2) is 5.73. The highest BCUT2D eigenvalue weighted by Gasteiger charge is 2.09. The Bertz CT molecular complexity index is 515. The molecule has 90 valence electrons. The number of benzene rings is 1. The molecular formula is C10H10Cl2N4S. The number of halogens is 2. The van der Waals surface area contributed by atoms with Gasteiger partial charge in [-0.25, -0.2) is 4.98 Å². The third-order valence-electron chi connectivity index (χ3n) is 2.00. The number of nitrogens with zero attached hydrogens (tertiary/aromatic N) is 2. The summed E-state index contributed by atoms with van der Waals surface area (Å²) in [5, 5.41) is 8.72. The van der Waals surface area contributed by atoms with E-state index in [2.05, 4.69) is 15.2 Å². The van der Waals surface area contributed by atoms with E-state index in [-0.39, 0.29) is 0 Å². The van der Waals surface area contributed by atoms with Crippen LogP contribution in [0.25, 0.3) is 11.4 Å². The van der Waals surface area contributed by atoms with Gasteiger partial charge in [0.2, 0.25) is 5.16 Å². The van der Waals surface area contributed by atoms with Gasteiger partial charge in [-0.2, -0.15) is 0 Å². The Morgan fingerprint density at radius 2 is 2.18 bits per heavy atom. The molecule has 0 aliphatic heterocycles. The van der Waals surface area contributed by atoms with Crippen molar-refractivity contribution in [3.05, 3.63) is 28.2 Å². The average molecular weight is 289 g/mol. The molecular weight excluding hydrogens is 279 g/mol. The van der Waals surface area contributed by atoms with Gasteiger partial charge in [0.05, 0.1) is 5.02 Å². The van der Waals surface area contributed by atoms with E-state index in [1.165, 1.54) is 11.8 Å². The number of hydrogen-bond donors (Lipinski definition) is 2. The smallest absolute Gasteiger partial charge is 0.208 e. The summed E-state index contributed by atoms with van der Waals surface area (Å²) in [4.78, 5) is 4.32. The van der Waals surface area contributed by atoms with Crippen LogP contribution in [0.5, 0.6) is 0 Å². The van der Waals surface area contributed by atoms with E-state index in [4.69, 9.17) is 28.9 Å². The molecule has 0 bridgehead atoms. The van der Waals surface area contributed by atoms with Gasteiger partial charge >= 0.3 is 0 Å².